The summed E-state index contributed by atoms with van der Waals surface area (Å²) in [5.74, 6) is -0.238. The van der Waals surface area contributed by atoms with Crippen LogP contribution in [0, 0.1) is 10.1 Å². The molecule has 4 aromatic rings. The number of hydrogen-bond donors (Lipinski definition) is 1. The molecule has 0 saturated carbocycles. The van der Waals surface area contributed by atoms with Gasteiger partial charge in [0.05, 0.1) is 26.9 Å². The molecule has 0 fully saturated rings. The molecular weight excluding hydrogens is 404 g/mol. The number of ether oxygens (including phenoxy) is 1. The average molecular weight is 418 g/mol. The van der Waals surface area contributed by atoms with Crippen LogP contribution in [0.25, 0.3) is 10.2 Å². The van der Waals surface area contributed by atoms with Gasteiger partial charge < -0.3 is 4.74 Å². The Morgan fingerprint density at radius 2 is 1.80 bits per heavy atom. The van der Waals surface area contributed by atoms with E-state index in [1.165, 1.54) is 35.6 Å². The van der Waals surface area contributed by atoms with Crippen molar-refractivity contribution in [1.82, 2.24) is 4.98 Å². The summed E-state index contributed by atoms with van der Waals surface area (Å²) in [7, 11) is 0. The molecule has 3 aromatic carbocycles. The first-order chi connectivity index (χ1) is 14.6. The Balaban J connectivity index is 1.35. The van der Waals surface area contributed by atoms with Crippen molar-refractivity contribution in [3.8, 4) is 5.75 Å². The molecule has 0 atom stereocenters. The molecule has 0 aliphatic heterocycles. The number of rotatable bonds is 6. The number of carbonyl (C=O) groups excluding carboxylic acids is 1. The van der Waals surface area contributed by atoms with Crippen LogP contribution in [0.15, 0.2) is 77.9 Å². The van der Waals surface area contributed by atoms with Gasteiger partial charge in [0.2, 0.25) is 5.13 Å². The lowest BCUT2D eigenvalue weighted by molar-refractivity contribution is -0.384. The number of nitrogens with one attached hydrogen (secondary N) is 1. The number of carbonyl (C=O) groups is 1. The number of hydrazone groups is 1. The van der Waals surface area contributed by atoms with Crippen LogP contribution >= 0.6 is 11.3 Å². The van der Waals surface area contributed by atoms with E-state index in [0.717, 1.165) is 15.8 Å². The van der Waals surface area contributed by atoms with Gasteiger partial charge in [0.25, 0.3) is 5.69 Å². The minimum Gasteiger partial charge on any atom is -0.423 e. The standard InChI is InChI=1S/C21H14N4O4S/c26-20(15-7-9-16(10-8-15)25(27)28)29-17-11-5-14(6-12-17)13-22-24-21-23-18-3-1-2-4-19(18)30-21/h1-13H,(H,23,24)/b22-13+. The Hall–Kier alpha value is -4.11. The lowest BCUT2D eigenvalue weighted by Crippen LogP contribution is -2.08. The first kappa shape index (κ1) is 19.2. The van der Waals surface area contributed by atoms with Crippen molar-refractivity contribution >= 4 is 44.6 Å². The van der Waals surface area contributed by atoms with Gasteiger partial charge in [0, 0.05) is 12.1 Å². The highest BCUT2D eigenvalue weighted by molar-refractivity contribution is 7.22. The van der Waals surface area contributed by atoms with Gasteiger partial charge in [-0.2, -0.15) is 5.10 Å². The van der Waals surface area contributed by atoms with Crippen LogP contribution in [0.2, 0.25) is 0 Å². The number of nitro benzene ring substituents is 1. The molecule has 1 heterocycles. The molecule has 8 nitrogen and oxygen atoms in total. The zero-order valence-corrected chi connectivity index (χ0v) is 16.2. The largest absolute Gasteiger partial charge is 0.423 e. The molecule has 0 aliphatic rings. The first-order valence-electron chi connectivity index (χ1n) is 8.80. The van der Waals surface area contributed by atoms with Crippen LogP contribution in [-0.2, 0) is 0 Å². The maximum absolute atomic E-state index is 12.1. The Morgan fingerprint density at radius 1 is 1.07 bits per heavy atom. The predicted molar refractivity (Wildman–Crippen MR) is 115 cm³/mol. The number of nitrogens with zero attached hydrogens (tertiary/aromatic N) is 3. The van der Waals surface area contributed by atoms with Crippen molar-refractivity contribution < 1.29 is 14.5 Å². The topological polar surface area (TPSA) is 107 Å². The third-order valence-corrected chi connectivity index (χ3v) is 5.01. The van der Waals surface area contributed by atoms with E-state index >= 15 is 0 Å². The minimum atomic E-state index is -0.594. The lowest BCUT2D eigenvalue weighted by atomic mass is 10.2. The fraction of sp³-hybridized carbons (Fsp3) is 0. The lowest BCUT2D eigenvalue weighted by Gasteiger charge is -2.04. The summed E-state index contributed by atoms with van der Waals surface area (Å²) in [6.07, 6.45) is 1.63. The van der Waals surface area contributed by atoms with Crippen molar-refractivity contribution in [1.29, 1.82) is 0 Å². The summed E-state index contributed by atoms with van der Waals surface area (Å²) in [5.41, 5.74) is 4.77. The third kappa shape index (κ3) is 4.47. The van der Waals surface area contributed by atoms with E-state index in [9.17, 15) is 14.9 Å². The molecular formula is C21H14N4O4S. The summed E-state index contributed by atoms with van der Waals surface area (Å²) in [6.45, 7) is 0. The number of para-hydroxylation sites is 1. The van der Waals surface area contributed by atoms with Crippen LogP contribution in [0.5, 0.6) is 5.75 Å². The smallest absolute Gasteiger partial charge is 0.343 e. The second-order valence-corrected chi connectivity index (χ2v) is 7.15. The number of fused-ring (bicyclic) bond motifs is 1. The van der Waals surface area contributed by atoms with Crippen LogP contribution < -0.4 is 10.2 Å². The van der Waals surface area contributed by atoms with Crippen molar-refractivity contribution in [2.24, 2.45) is 5.10 Å². The normalized spacial score (nSPS) is 10.9. The number of aromatic nitrogens is 1. The van der Waals surface area contributed by atoms with Crippen molar-refractivity contribution in [2.75, 3.05) is 5.43 Å². The number of anilines is 1. The van der Waals surface area contributed by atoms with Gasteiger partial charge in [-0.3, -0.25) is 15.5 Å². The van der Waals surface area contributed by atoms with Crippen LogP contribution in [0.4, 0.5) is 10.8 Å². The maximum atomic E-state index is 12.1. The van der Waals surface area contributed by atoms with E-state index in [-0.39, 0.29) is 11.3 Å². The van der Waals surface area contributed by atoms with Gasteiger partial charge >= 0.3 is 5.97 Å². The zero-order valence-electron chi connectivity index (χ0n) is 15.4. The van der Waals surface area contributed by atoms with Gasteiger partial charge in [-0.25, -0.2) is 9.78 Å². The van der Waals surface area contributed by atoms with E-state index < -0.39 is 10.9 Å². The minimum absolute atomic E-state index is 0.0883. The predicted octanol–water partition coefficient (Wildman–Crippen LogP) is 4.87. The summed E-state index contributed by atoms with van der Waals surface area (Å²) in [4.78, 5) is 26.7. The number of esters is 1. The average Bonchev–Trinajstić information content (AvgIpc) is 3.18. The van der Waals surface area contributed by atoms with Gasteiger partial charge in [-0.1, -0.05) is 23.5 Å². The molecule has 0 bridgehead atoms. The van der Waals surface area contributed by atoms with Gasteiger partial charge in [-0.05, 0) is 54.1 Å². The van der Waals surface area contributed by atoms with E-state index in [1.807, 2.05) is 24.3 Å². The van der Waals surface area contributed by atoms with Crippen LogP contribution in [0.3, 0.4) is 0 Å². The first-order valence-corrected chi connectivity index (χ1v) is 9.61. The van der Waals surface area contributed by atoms with Gasteiger partial charge in [0.15, 0.2) is 0 Å². The molecule has 30 heavy (non-hydrogen) atoms. The Kier molecular flexibility index (Phi) is 5.44. The van der Waals surface area contributed by atoms with Crippen molar-refractivity contribution in [2.45, 2.75) is 0 Å². The molecule has 0 unspecified atom stereocenters. The quantitative estimate of drug-likeness (QED) is 0.157. The van der Waals surface area contributed by atoms with E-state index in [4.69, 9.17) is 4.74 Å². The monoisotopic (exact) mass is 418 g/mol. The highest BCUT2D eigenvalue weighted by Crippen LogP contribution is 2.25. The summed E-state index contributed by atoms with van der Waals surface area (Å²) in [5, 5.41) is 15.5. The summed E-state index contributed by atoms with van der Waals surface area (Å²) >= 11 is 1.51. The van der Waals surface area contributed by atoms with Crippen molar-refractivity contribution in [3.05, 3.63) is 94.0 Å². The Bertz CT molecular complexity index is 1200. The Morgan fingerprint density at radius 3 is 2.50 bits per heavy atom. The SMILES string of the molecule is O=C(Oc1ccc(/C=N/Nc2nc3ccccc3s2)cc1)c1ccc([N+](=O)[O-])cc1. The number of nitro groups is 1. The zero-order chi connectivity index (χ0) is 20.9. The highest BCUT2D eigenvalue weighted by atomic mass is 32.1. The molecule has 0 aliphatic carbocycles. The number of non-ortho nitro benzene ring substituents is 1. The maximum Gasteiger partial charge on any atom is 0.343 e. The van der Waals surface area contributed by atoms with Gasteiger partial charge in [-0.15, -0.1) is 0 Å². The van der Waals surface area contributed by atoms with Crippen LogP contribution in [0.1, 0.15) is 15.9 Å². The molecule has 1 aromatic heterocycles. The Labute approximate surface area is 174 Å². The number of benzene rings is 3. The van der Waals surface area contributed by atoms with Gasteiger partial charge in [0.1, 0.15) is 5.75 Å². The van der Waals surface area contributed by atoms with Crippen LogP contribution in [-0.4, -0.2) is 22.1 Å². The molecule has 1 N–H and O–H groups in total. The van der Waals surface area contributed by atoms with E-state index in [2.05, 4.69) is 15.5 Å². The molecule has 4 rings (SSSR count). The number of hydrogen-bond acceptors (Lipinski definition) is 8. The molecule has 0 saturated heterocycles. The van der Waals surface area contributed by atoms with E-state index in [0.29, 0.717) is 10.9 Å². The third-order valence-electron chi connectivity index (χ3n) is 4.07. The fourth-order valence-corrected chi connectivity index (χ4v) is 3.40. The molecule has 0 amide bonds. The summed E-state index contributed by atoms with van der Waals surface area (Å²) in [6, 6.07) is 19.9. The fourth-order valence-electron chi connectivity index (χ4n) is 2.59. The highest BCUT2D eigenvalue weighted by Gasteiger charge is 2.11. The molecule has 148 valence electrons. The second-order valence-electron chi connectivity index (χ2n) is 6.12. The molecule has 0 spiro atoms. The van der Waals surface area contributed by atoms with E-state index in [1.54, 1.807) is 30.5 Å². The second kappa shape index (κ2) is 8.50. The number of thiazole rings is 1. The molecule has 0 radical (unpaired) electrons. The molecule has 9 heteroatoms. The summed E-state index contributed by atoms with van der Waals surface area (Å²) < 4.78 is 6.36. The van der Waals surface area contributed by atoms with Crippen molar-refractivity contribution in [3.63, 3.8) is 0 Å².